The van der Waals surface area contributed by atoms with Gasteiger partial charge in [-0.05, 0) is 30.5 Å². The minimum absolute atomic E-state index is 0.104. The first kappa shape index (κ1) is 13.3. The lowest BCUT2D eigenvalue weighted by molar-refractivity contribution is -0.137. The van der Waals surface area contributed by atoms with Crippen LogP contribution >= 0.6 is 0 Å². The van der Waals surface area contributed by atoms with E-state index >= 15 is 0 Å². The Morgan fingerprint density at radius 1 is 1.30 bits per heavy atom. The molecule has 1 aromatic rings. The summed E-state index contributed by atoms with van der Waals surface area (Å²) in [5.41, 5.74) is -0.0397. The highest BCUT2D eigenvalue weighted by atomic mass is 19.4. The number of nitriles is 1. The van der Waals surface area contributed by atoms with Gasteiger partial charge in [-0.2, -0.15) is 18.4 Å². The zero-order chi connectivity index (χ0) is 14.3. The Kier molecular flexibility index (Phi) is 3.09. The molecule has 2 saturated heterocycles. The van der Waals surface area contributed by atoms with Crippen molar-refractivity contribution in [2.45, 2.75) is 18.6 Å². The van der Waals surface area contributed by atoms with Gasteiger partial charge in [-0.1, -0.05) is 0 Å². The van der Waals surface area contributed by atoms with Gasteiger partial charge in [0.15, 0.2) is 0 Å². The van der Waals surface area contributed by atoms with Crippen LogP contribution in [-0.2, 0) is 6.18 Å². The van der Waals surface area contributed by atoms with Crippen molar-refractivity contribution in [3.8, 4) is 6.07 Å². The fourth-order valence-electron chi connectivity index (χ4n) is 3.20. The summed E-state index contributed by atoms with van der Waals surface area (Å²) < 4.78 is 38.1. The molecule has 2 atom stereocenters. The van der Waals surface area contributed by atoms with Crippen LogP contribution < -0.4 is 10.2 Å². The van der Waals surface area contributed by atoms with Gasteiger partial charge in [-0.3, -0.25) is 0 Å². The normalized spacial score (nSPS) is 25.6. The van der Waals surface area contributed by atoms with Crippen LogP contribution in [0.5, 0.6) is 0 Å². The van der Waals surface area contributed by atoms with Gasteiger partial charge in [0.1, 0.15) is 6.07 Å². The molecule has 2 aliphatic rings. The molecule has 20 heavy (non-hydrogen) atoms. The van der Waals surface area contributed by atoms with Crippen molar-refractivity contribution < 1.29 is 13.2 Å². The topological polar surface area (TPSA) is 39.1 Å². The van der Waals surface area contributed by atoms with Crippen LogP contribution in [0.15, 0.2) is 18.2 Å². The van der Waals surface area contributed by atoms with Crippen molar-refractivity contribution in [3.63, 3.8) is 0 Å². The number of alkyl halides is 3. The van der Waals surface area contributed by atoms with Crippen LogP contribution in [-0.4, -0.2) is 25.7 Å². The van der Waals surface area contributed by atoms with Gasteiger partial charge in [0.25, 0.3) is 0 Å². The summed E-state index contributed by atoms with van der Waals surface area (Å²) in [7, 11) is 0. The highest BCUT2D eigenvalue weighted by Crippen LogP contribution is 2.37. The number of nitrogens with zero attached hydrogens (tertiary/aromatic N) is 2. The first-order valence-corrected chi connectivity index (χ1v) is 6.59. The third-order valence-corrected chi connectivity index (χ3v) is 4.20. The van der Waals surface area contributed by atoms with Crippen molar-refractivity contribution in [3.05, 3.63) is 29.3 Å². The average Bonchev–Trinajstić information content (AvgIpc) is 2.99. The minimum Gasteiger partial charge on any atom is -0.366 e. The van der Waals surface area contributed by atoms with Gasteiger partial charge in [0.05, 0.1) is 16.8 Å². The number of rotatable bonds is 1. The zero-order valence-corrected chi connectivity index (χ0v) is 10.7. The summed E-state index contributed by atoms with van der Waals surface area (Å²) in [6, 6.07) is 5.64. The van der Waals surface area contributed by atoms with E-state index in [-0.39, 0.29) is 5.56 Å². The van der Waals surface area contributed by atoms with E-state index in [0.29, 0.717) is 17.6 Å². The number of benzene rings is 1. The molecule has 2 fully saturated rings. The van der Waals surface area contributed by atoms with Gasteiger partial charge >= 0.3 is 6.18 Å². The van der Waals surface area contributed by atoms with Crippen LogP contribution in [0.1, 0.15) is 17.5 Å². The van der Waals surface area contributed by atoms with E-state index < -0.39 is 11.7 Å². The lowest BCUT2D eigenvalue weighted by Gasteiger charge is -2.27. The third-order valence-electron chi connectivity index (χ3n) is 4.20. The highest BCUT2D eigenvalue weighted by Gasteiger charge is 2.39. The van der Waals surface area contributed by atoms with E-state index in [1.807, 2.05) is 6.07 Å². The van der Waals surface area contributed by atoms with E-state index in [2.05, 4.69) is 10.2 Å². The summed E-state index contributed by atoms with van der Waals surface area (Å²) in [4.78, 5) is 2.07. The Hall–Kier alpha value is -1.74. The summed E-state index contributed by atoms with van der Waals surface area (Å²) >= 11 is 0. The Labute approximate surface area is 115 Å². The van der Waals surface area contributed by atoms with E-state index in [1.54, 1.807) is 0 Å². The molecule has 1 aromatic carbocycles. The number of hydrogen-bond acceptors (Lipinski definition) is 3. The van der Waals surface area contributed by atoms with Crippen LogP contribution in [0.2, 0.25) is 0 Å². The lowest BCUT2D eigenvalue weighted by Crippen LogP contribution is -2.34. The van der Waals surface area contributed by atoms with Gasteiger partial charge in [0.2, 0.25) is 0 Å². The second-order valence-corrected chi connectivity index (χ2v) is 5.31. The molecule has 0 aromatic heterocycles. The number of hydrogen-bond donors (Lipinski definition) is 1. The highest BCUT2D eigenvalue weighted by molar-refractivity contribution is 5.62. The maximum atomic E-state index is 12.7. The van der Waals surface area contributed by atoms with Gasteiger partial charge in [-0.25, -0.2) is 0 Å². The van der Waals surface area contributed by atoms with Crippen molar-refractivity contribution in [2.75, 3.05) is 24.5 Å². The largest absolute Gasteiger partial charge is 0.416 e. The van der Waals surface area contributed by atoms with Crippen molar-refractivity contribution in [2.24, 2.45) is 5.92 Å². The predicted molar refractivity (Wildman–Crippen MR) is 68.3 cm³/mol. The number of fused-ring (bicyclic) bond motifs is 1. The Balaban J connectivity index is 1.96. The molecule has 106 valence electrons. The van der Waals surface area contributed by atoms with Crippen LogP contribution in [0, 0.1) is 17.2 Å². The van der Waals surface area contributed by atoms with E-state index in [4.69, 9.17) is 5.26 Å². The van der Waals surface area contributed by atoms with Crippen LogP contribution in [0.4, 0.5) is 18.9 Å². The molecule has 0 radical (unpaired) electrons. The molecule has 0 unspecified atom stereocenters. The third kappa shape index (κ3) is 2.12. The van der Waals surface area contributed by atoms with Gasteiger partial charge in [-0.15, -0.1) is 0 Å². The first-order chi connectivity index (χ1) is 9.50. The maximum Gasteiger partial charge on any atom is 0.416 e. The number of halogens is 3. The fraction of sp³-hybridized carbons (Fsp3) is 0.500. The van der Waals surface area contributed by atoms with E-state index in [9.17, 15) is 13.2 Å². The Bertz CT molecular complexity index is 562. The second kappa shape index (κ2) is 4.67. The monoisotopic (exact) mass is 281 g/mol. The van der Waals surface area contributed by atoms with Crippen molar-refractivity contribution >= 4 is 5.69 Å². The van der Waals surface area contributed by atoms with E-state index in [1.165, 1.54) is 6.07 Å². The standard InChI is InChI=1S/C14H14F3N3/c15-14(16,17)11-1-2-12(10(5-11)6-18)20-4-3-9-7-19-8-13(9)20/h1-2,5,9,13,19H,3-4,7-8H2/t9-,13+/m0/s1. The van der Waals surface area contributed by atoms with Crippen molar-refractivity contribution in [1.29, 1.82) is 5.26 Å². The lowest BCUT2D eigenvalue weighted by atomic mass is 10.0. The first-order valence-electron chi connectivity index (χ1n) is 6.59. The number of nitrogens with one attached hydrogen (secondary N) is 1. The molecule has 2 aliphatic heterocycles. The molecule has 3 rings (SSSR count). The smallest absolute Gasteiger partial charge is 0.366 e. The molecule has 2 heterocycles. The van der Waals surface area contributed by atoms with Gasteiger partial charge < -0.3 is 10.2 Å². The quantitative estimate of drug-likeness (QED) is 0.859. The minimum atomic E-state index is -4.41. The number of anilines is 1. The zero-order valence-electron chi connectivity index (χ0n) is 10.7. The Morgan fingerprint density at radius 2 is 2.10 bits per heavy atom. The Morgan fingerprint density at radius 3 is 2.80 bits per heavy atom. The molecule has 0 bridgehead atoms. The van der Waals surface area contributed by atoms with Crippen LogP contribution in [0.3, 0.4) is 0 Å². The molecular formula is C14H14F3N3. The summed E-state index contributed by atoms with van der Waals surface area (Å²) in [5.74, 6) is 0.531. The second-order valence-electron chi connectivity index (χ2n) is 5.31. The molecular weight excluding hydrogens is 267 g/mol. The summed E-state index contributed by atoms with van der Waals surface area (Å²) in [5, 5.41) is 12.4. The van der Waals surface area contributed by atoms with Crippen LogP contribution in [0.25, 0.3) is 0 Å². The molecule has 0 amide bonds. The van der Waals surface area contributed by atoms with E-state index in [0.717, 1.165) is 38.2 Å². The van der Waals surface area contributed by atoms with Crippen molar-refractivity contribution in [1.82, 2.24) is 5.32 Å². The molecule has 6 heteroatoms. The summed E-state index contributed by atoms with van der Waals surface area (Å²) in [6.45, 7) is 2.58. The molecule has 3 nitrogen and oxygen atoms in total. The molecule has 0 saturated carbocycles. The summed E-state index contributed by atoms with van der Waals surface area (Å²) in [6.07, 6.45) is -3.39. The predicted octanol–water partition coefficient (Wildman–Crippen LogP) is 2.38. The van der Waals surface area contributed by atoms with Gasteiger partial charge in [0, 0.05) is 25.7 Å². The average molecular weight is 281 g/mol. The SMILES string of the molecule is N#Cc1cc(C(F)(F)F)ccc1N1CC[C@H]2CNC[C@H]21. The molecule has 0 spiro atoms. The fourth-order valence-corrected chi connectivity index (χ4v) is 3.20. The maximum absolute atomic E-state index is 12.7. The molecule has 0 aliphatic carbocycles. The molecule has 1 N–H and O–H groups in total.